The van der Waals surface area contributed by atoms with Crippen LogP contribution in [0.1, 0.15) is 22.3 Å². The molecular formula is C10H12BF3N3S-. The van der Waals surface area contributed by atoms with Crippen molar-refractivity contribution < 1.29 is 12.9 Å². The molecule has 0 N–H and O–H groups in total. The number of hydrogen-bond donors (Lipinski definition) is 1. The van der Waals surface area contributed by atoms with Gasteiger partial charge in [-0.1, -0.05) is 16.2 Å². The minimum absolute atomic E-state index is 0.0131. The van der Waals surface area contributed by atoms with E-state index >= 15 is 0 Å². The van der Waals surface area contributed by atoms with Crippen molar-refractivity contribution >= 4 is 30.8 Å². The topological polar surface area (TPSA) is 48.8 Å². The summed E-state index contributed by atoms with van der Waals surface area (Å²) < 4.78 is 39.2. The second kappa shape index (κ2) is 5.16. The zero-order valence-electron chi connectivity index (χ0n) is 10.2. The Morgan fingerprint density at radius 2 is 1.72 bits per heavy atom. The third-order valence-corrected chi connectivity index (χ3v) is 3.37. The highest BCUT2D eigenvalue weighted by Crippen LogP contribution is 2.31. The van der Waals surface area contributed by atoms with Crippen LogP contribution in [0, 0.1) is 20.8 Å². The van der Waals surface area contributed by atoms with Gasteiger partial charge in [0.1, 0.15) is 0 Å². The van der Waals surface area contributed by atoms with Crippen LogP contribution in [0.3, 0.4) is 0 Å². The number of nitrogens with zero attached hydrogens (tertiary/aromatic N) is 3. The lowest BCUT2D eigenvalue weighted by Gasteiger charge is -2.26. The molecule has 1 rings (SSSR count). The van der Waals surface area contributed by atoms with E-state index in [9.17, 15) is 12.9 Å². The van der Waals surface area contributed by atoms with Gasteiger partial charge in [0, 0.05) is 16.4 Å². The predicted molar refractivity (Wildman–Crippen MR) is 70.9 cm³/mol. The van der Waals surface area contributed by atoms with Gasteiger partial charge in [0.15, 0.2) is 0 Å². The van der Waals surface area contributed by atoms with E-state index in [1.54, 1.807) is 6.92 Å². The molecule has 0 aromatic heterocycles. The highest BCUT2D eigenvalue weighted by atomic mass is 32.1. The molecule has 0 fully saturated rings. The van der Waals surface area contributed by atoms with Gasteiger partial charge >= 0.3 is 6.98 Å². The smallest absolute Gasteiger partial charge is 0.445 e. The summed E-state index contributed by atoms with van der Waals surface area (Å²) >= 11 is 4.05. The Morgan fingerprint density at radius 1 is 1.17 bits per heavy atom. The molecule has 8 heteroatoms. The van der Waals surface area contributed by atoms with Gasteiger partial charge in [-0.25, -0.2) is 0 Å². The SMILES string of the molecule is Cc1c(CS)c(C)c([B-](F)(F)F)c(C)c1N=[N+]=[N-]. The summed E-state index contributed by atoms with van der Waals surface area (Å²) in [7, 11) is 0. The standard InChI is InChI=1S/C10H12BF3N3S/c1-5-8(4-18)6(2)10(16-17-15)7(3)9(5)11(12,13)14/h18H,4H2,1-3H3/q-1. The van der Waals surface area contributed by atoms with E-state index in [1.165, 1.54) is 13.8 Å². The molecule has 18 heavy (non-hydrogen) atoms. The molecule has 0 aliphatic heterocycles. The minimum atomic E-state index is -5.15. The van der Waals surface area contributed by atoms with Crippen molar-refractivity contribution in [3.63, 3.8) is 0 Å². The molecule has 0 spiro atoms. The second-order valence-electron chi connectivity index (χ2n) is 4.04. The first-order valence-electron chi connectivity index (χ1n) is 5.24. The summed E-state index contributed by atoms with van der Waals surface area (Å²) in [5, 5.41) is 3.39. The molecule has 0 radical (unpaired) electrons. The molecule has 0 saturated heterocycles. The third-order valence-electron chi connectivity index (χ3n) is 3.05. The van der Waals surface area contributed by atoms with Crippen LogP contribution in [-0.4, -0.2) is 6.98 Å². The average molecular weight is 274 g/mol. The van der Waals surface area contributed by atoms with Crippen molar-refractivity contribution in [1.29, 1.82) is 0 Å². The van der Waals surface area contributed by atoms with Crippen molar-refractivity contribution in [1.82, 2.24) is 0 Å². The van der Waals surface area contributed by atoms with Gasteiger partial charge in [-0.15, -0.1) is 5.46 Å². The molecular weight excluding hydrogens is 262 g/mol. The van der Waals surface area contributed by atoms with Gasteiger partial charge in [-0.2, -0.15) is 12.6 Å². The van der Waals surface area contributed by atoms with Gasteiger partial charge in [0.05, 0.1) is 0 Å². The molecule has 0 bridgehead atoms. The van der Waals surface area contributed by atoms with Crippen molar-refractivity contribution in [2.45, 2.75) is 26.5 Å². The van der Waals surface area contributed by atoms with E-state index in [2.05, 4.69) is 22.7 Å². The Labute approximate surface area is 108 Å². The Hall–Kier alpha value is -1.27. The summed E-state index contributed by atoms with van der Waals surface area (Å²) in [6.45, 7) is -0.749. The van der Waals surface area contributed by atoms with Crippen LogP contribution < -0.4 is 5.46 Å². The first-order chi connectivity index (χ1) is 8.25. The maximum atomic E-state index is 13.1. The highest BCUT2D eigenvalue weighted by Gasteiger charge is 2.31. The van der Waals surface area contributed by atoms with Gasteiger partial charge < -0.3 is 12.9 Å². The molecule has 0 unspecified atom stereocenters. The lowest BCUT2D eigenvalue weighted by atomic mass is 9.71. The number of benzene rings is 1. The fourth-order valence-electron chi connectivity index (χ4n) is 2.20. The summed E-state index contributed by atoms with van der Waals surface area (Å²) in [6.07, 6.45) is 0. The van der Waals surface area contributed by atoms with Crippen molar-refractivity contribution in [3.05, 3.63) is 32.7 Å². The monoisotopic (exact) mass is 274 g/mol. The van der Waals surface area contributed by atoms with Gasteiger partial charge in [-0.05, 0) is 37.4 Å². The van der Waals surface area contributed by atoms with Gasteiger partial charge in [-0.3, -0.25) is 0 Å². The summed E-state index contributed by atoms with van der Waals surface area (Å²) in [5.41, 5.74) is 9.03. The summed E-state index contributed by atoms with van der Waals surface area (Å²) in [4.78, 5) is 2.60. The Bertz CT molecular complexity index is 536. The zero-order valence-corrected chi connectivity index (χ0v) is 11.1. The average Bonchev–Trinajstić information content (AvgIpc) is 2.23. The fourth-order valence-corrected chi connectivity index (χ4v) is 2.67. The number of halogens is 3. The van der Waals surface area contributed by atoms with Gasteiger partial charge in [0.2, 0.25) is 0 Å². The fraction of sp³-hybridized carbons (Fsp3) is 0.400. The van der Waals surface area contributed by atoms with Crippen molar-refractivity contribution in [2.24, 2.45) is 5.11 Å². The summed E-state index contributed by atoms with van der Waals surface area (Å²) in [6, 6.07) is 0. The zero-order chi connectivity index (χ0) is 14.1. The first-order valence-corrected chi connectivity index (χ1v) is 5.87. The number of azide groups is 1. The second-order valence-corrected chi connectivity index (χ2v) is 4.35. The van der Waals surface area contributed by atoms with E-state index < -0.39 is 12.4 Å². The van der Waals surface area contributed by atoms with Crippen molar-refractivity contribution in [2.75, 3.05) is 0 Å². The molecule has 0 amide bonds. The van der Waals surface area contributed by atoms with E-state index in [-0.39, 0.29) is 22.6 Å². The van der Waals surface area contributed by atoms with Crippen molar-refractivity contribution in [3.8, 4) is 0 Å². The van der Waals surface area contributed by atoms with Crippen LogP contribution in [0.4, 0.5) is 18.6 Å². The predicted octanol–water partition coefficient (Wildman–Crippen LogP) is 4.04. The highest BCUT2D eigenvalue weighted by molar-refractivity contribution is 7.79. The number of hydrogen-bond acceptors (Lipinski definition) is 2. The molecule has 0 saturated carbocycles. The van der Waals surface area contributed by atoms with E-state index in [0.29, 0.717) is 11.1 Å². The van der Waals surface area contributed by atoms with E-state index in [4.69, 9.17) is 5.53 Å². The Balaban J connectivity index is 3.84. The van der Waals surface area contributed by atoms with Crippen LogP contribution >= 0.6 is 12.6 Å². The largest absolute Gasteiger partial charge is 0.510 e. The molecule has 0 heterocycles. The van der Waals surface area contributed by atoms with Crippen LogP contribution in [0.15, 0.2) is 5.11 Å². The summed E-state index contributed by atoms with van der Waals surface area (Å²) in [5.74, 6) is 0.172. The third kappa shape index (κ3) is 2.44. The lowest BCUT2D eigenvalue weighted by Crippen LogP contribution is -2.39. The van der Waals surface area contributed by atoms with Crippen LogP contribution in [0.5, 0.6) is 0 Å². The Kier molecular flexibility index (Phi) is 4.24. The number of rotatable bonds is 3. The lowest BCUT2D eigenvalue weighted by molar-refractivity contribution is 0.500. The molecule has 0 atom stereocenters. The molecule has 1 aromatic rings. The molecule has 0 aliphatic rings. The maximum Gasteiger partial charge on any atom is 0.510 e. The molecule has 98 valence electrons. The number of thiol groups is 1. The van der Waals surface area contributed by atoms with Crippen LogP contribution in [0.2, 0.25) is 0 Å². The quantitative estimate of drug-likeness (QED) is 0.284. The Morgan fingerprint density at radius 3 is 2.11 bits per heavy atom. The molecule has 3 nitrogen and oxygen atoms in total. The van der Waals surface area contributed by atoms with Crippen LogP contribution in [-0.2, 0) is 5.75 Å². The van der Waals surface area contributed by atoms with Gasteiger partial charge in [0.25, 0.3) is 0 Å². The molecule has 0 aliphatic carbocycles. The van der Waals surface area contributed by atoms with Crippen LogP contribution in [0.25, 0.3) is 10.4 Å². The maximum absolute atomic E-state index is 13.1. The minimum Gasteiger partial charge on any atom is -0.445 e. The normalized spacial score (nSPS) is 11.3. The first kappa shape index (κ1) is 14.8. The molecule has 1 aromatic carbocycles. The van der Waals surface area contributed by atoms with E-state index in [1.807, 2.05) is 0 Å². The van der Waals surface area contributed by atoms with E-state index in [0.717, 1.165) is 0 Å².